The summed E-state index contributed by atoms with van der Waals surface area (Å²) in [6.07, 6.45) is 2.01. The minimum absolute atomic E-state index is 0.0189. The van der Waals surface area contributed by atoms with E-state index in [0.717, 1.165) is 27.6 Å². The van der Waals surface area contributed by atoms with E-state index in [0.29, 0.717) is 37.2 Å². The molecule has 0 saturated carbocycles. The van der Waals surface area contributed by atoms with Crippen molar-refractivity contribution in [1.82, 2.24) is 15.2 Å². The van der Waals surface area contributed by atoms with Gasteiger partial charge in [-0.1, -0.05) is 42.5 Å². The van der Waals surface area contributed by atoms with Gasteiger partial charge in [0.25, 0.3) is 12.4 Å². The molecule has 0 unspecified atom stereocenters. The lowest BCUT2D eigenvalue weighted by Crippen LogP contribution is -2.49. The molecule has 3 aromatic rings. The van der Waals surface area contributed by atoms with E-state index in [2.05, 4.69) is 21.8 Å². The van der Waals surface area contributed by atoms with Crippen LogP contribution in [0.4, 0.5) is 5.69 Å². The first-order chi connectivity index (χ1) is 19.0. The molecule has 4 N–H and O–H groups in total. The maximum absolute atomic E-state index is 13.6. The summed E-state index contributed by atoms with van der Waals surface area (Å²) in [6.45, 7) is 9.10. The predicted octanol–water partition coefficient (Wildman–Crippen LogP) is 2.55. The topological polar surface area (TPSA) is 141 Å². The number of carboxylic acid groups (broad SMARTS) is 1. The maximum atomic E-state index is 13.6. The van der Waals surface area contributed by atoms with Gasteiger partial charge in [0, 0.05) is 43.8 Å². The van der Waals surface area contributed by atoms with Crippen LogP contribution in [-0.4, -0.2) is 73.6 Å². The van der Waals surface area contributed by atoms with Crippen LogP contribution in [0.5, 0.6) is 0 Å². The smallest absolute Gasteiger partial charge is 0.290 e. The van der Waals surface area contributed by atoms with Crippen LogP contribution in [-0.2, 0) is 34.2 Å². The fraction of sp³-hybridized carbons (Fsp3) is 0.379. The van der Waals surface area contributed by atoms with Crippen LogP contribution < -0.4 is 14.9 Å². The van der Waals surface area contributed by atoms with Crippen LogP contribution in [0.15, 0.2) is 60.8 Å². The molecule has 2 heterocycles. The minimum atomic E-state index is -3.50. The molecule has 0 radical (unpaired) electrons. The maximum Gasteiger partial charge on any atom is 0.290 e. The van der Waals surface area contributed by atoms with Crippen LogP contribution in [0.1, 0.15) is 35.3 Å². The SMILES string of the molecule is C=C(C)CNC[C@@H](O)[C@H](Cc1ccccc1)NC(=O)c1cc2c3c(cn(CC)c3c1)CCS(=O)(=O)N2C.O=CO. The second-order valence-electron chi connectivity index (χ2n) is 9.89. The lowest BCUT2D eigenvalue weighted by atomic mass is 10.00. The lowest BCUT2D eigenvalue weighted by molar-refractivity contribution is -0.122. The predicted molar refractivity (Wildman–Crippen MR) is 157 cm³/mol. The zero-order valence-electron chi connectivity index (χ0n) is 23.1. The fourth-order valence-corrected chi connectivity index (χ4v) is 6.02. The largest absolute Gasteiger partial charge is 0.483 e. The van der Waals surface area contributed by atoms with E-state index in [9.17, 15) is 18.3 Å². The number of hydrogen-bond acceptors (Lipinski definition) is 6. The van der Waals surface area contributed by atoms with Crippen LogP contribution >= 0.6 is 0 Å². The number of amides is 1. The van der Waals surface area contributed by atoms with Crippen molar-refractivity contribution in [3.05, 3.63) is 77.5 Å². The van der Waals surface area contributed by atoms with Gasteiger partial charge >= 0.3 is 0 Å². The summed E-state index contributed by atoms with van der Waals surface area (Å²) < 4.78 is 29.0. The number of hydrogen-bond donors (Lipinski definition) is 4. The number of aliphatic hydroxyl groups excluding tert-OH is 1. The van der Waals surface area contributed by atoms with Gasteiger partial charge in [0.05, 0.1) is 29.1 Å². The molecule has 1 aromatic heterocycles. The summed E-state index contributed by atoms with van der Waals surface area (Å²) in [6, 6.07) is 12.6. The van der Waals surface area contributed by atoms with Crippen molar-refractivity contribution in [3.63, 3.8) is 0 Å². The number of carbonyl (C=O) groups is 2. The Morgan fingerprint density at radius 1 is 1.23 bits per heavy atom. The average Bonchev–Trinajstić information content (AvgIpc) is 3.25. The van der Waals surface area contributed by atoms with Crippen LogP contribution in [0.25, 0.3) is 10.9 Å². The molecule has 1 amide bonds. The first kappa shape index (κ1) is 30.9. The van der Waals surface area contributed by atoms with E-state index in [1.54, 1.807) is 13.1 Å². The number of rotatable bonds is 10. The molecule has 216 valence electrons. The van der Waals surface area contributed by atoms with Crippen molar-refractivity contribution in [2.24, 2.45) is 0 Å². The monoisotopic (exact) mass is 570 g/mol. The molecule has 11 heteroatoms. The number of carbonyl (C=O) groups excluding carboxylic acids is 1. The van der Waals surface area contributed by atoms with E-state index < -0.39 is 22.2 Å². The van der Waals surface area contributed by atoms with Crippen molar-refractivity contribution in [3.8, 4) is 0 Å². The Bertz CT molecular complexity index is 1450. The summed E-state index contributed by atoms with van der Waals surface area (Å²) in [5.41, 5.74) is 4.59. The van der Waals surface area contributed by atoms with Gasteiger partial charge in [0.2, 0.25) is 10.0 Å². The van der Waals surface area contributed by atoms with Gasteiger partial charge in [-0.05, 0) is 49.9 Å². The Kier molecular flexibility index (Phi) is 10.5. The molecule has 0 bridgehead atoms. The molecule has 1 aliphatic heterocycles. The van der Waals surface area contributed by atoms with E-state index in [1.807, 2.05) is 56.4 Å². The van der Waals surface area contributed by atoms with Gasteiger partial charge in [0.1, 0.15) is 0 Å². The second kappa shape index (κ2) is 13.6. The third-order valence-electron chi connectivity index (χ3n) is 6.89. The van der Waals surface area contributed by atoms with Gasteiger partial charge in [-0.15, -0.1) is 0 Å². The minimum Gasteiger partial charge on any atom is -0.483 e. The van der Waals surface area contributed by atoms with Crippen molar-refractivity contribution < 1.29 is 28.2 Å². The van der Waals surface area contributed by atoms with Gasteiger partial charge in [-0.25, -0.2) is 8.42 Å². The molecular weight excluding hydrogens is 532 g/mol. The highest BCUT2D eigenvalue weighted by Gasteiger charge is 2.29. The number of aliphatic hydroxyl groups is 1. The molecule has 40 heavy (non-hydrogen) atoms. The first-order valence-electron chi connectivity index (χ1n) is 13.1. The summed E-state index contributed by atoms with van der Waals surface area (Å²) in [5.74, 6) is -0.344. The van der Waals surface area contributed by atoms with E-state index in [1.165, 1.54) is 4.31 Å². The Labute approximate surface area is 235 Å². The zero-order valence-corrected chi connectivity index (χ0v) is 23.9. The Balaban J connectivity index is 0.00000141. The molecule has 0 aliphatic carbocycles. The fourth-order valence-electron chi connectivity index (χ4n) is 4.82. The van der Waals surface area contributed by atoms with Gasteiger partial charge in [-0.2, -0.15) is 0 Å². The zero-order chi connectivity index (χ0) is 29.4. The number of benzene rings is 2. The second-order valence-corrected chi connectivity index (χ2v) is 12.0. The van der Waals surface area contributed by atoms with Crippen molar-refractivity contribution in [2.75, 3.05) is 30.2 Å². The molecule has 0 spiro atoms. The third-order valence-corrected chi connectivity index (χ3v) is 8.64. The highest BCUT2D eigenvalue weighted by Crippen LogP contribution is 2.36. The highest BCUT2D eigenvalue weighted by molar-refractivity contribution is 7.92. The quantitative estimate of drug-likeness (QED) is 0.217. The molecular formula is C29H38N4O6S. The molecule has 4 rings (SSSR count). The number of anilines is 1. The number of nitrogens with one attached hydrogen (secondary N) is 2. The van der Waals surface area contributed by atoms with E-state index >= 15 is 0 Å². The Morgan fingerprint density at radius 2 is 1.90 bits per heavy atom. The molecule has 0 saturated heterocycles. The van der Waals surface area contributed by atoms with E-state index in [4.69, 9.17) is 9.90 Å². The third kappa shape index (κ3) is 7.29. The average molecular weight is 571 g/mol. The van der Waals surface area contributed by atoms with Gasteiger partial charge < -0.3 is 25.4 Å². The lowest BCUT2D eigenvalue weighted by Gasteiger charge is -2.25. The Morgan fingerprint density at radius 3 is 2.52 bits per heavy atom. The number of aromatic nitrogens is 1. The first-order valence-corrected chi connectivity index (χ1v) is 14.7. The summed E-state index contributed by atoms with van der Waals surface area (Å²) in [4.78, 5) is 21.9. The van der Waals surface area contributed by atoms with Gasteiger partial charge in [-0.3, -0.25) is 13.9 Å². The standard InChI is InChI=1S/C28H36N4O4S.CH2O2/c1-5-32-18-21-11-12-37(35,36)31(4)24-14-22(15-25(32)27(21)24)28(34)30-23(13-20-9-7-6-8-10-20)26(33)17-29-16-19(2)3;2-1-3/h6-10,14-15,18,23,26,29,33H,2,5,11-13,16-17H2,1,3-4H3,(H,30,34);1H,(H,2,3)/t23-,26+;/m0./s1. The molecule has 2 atom stereocenters. The Hall–Kier alpha value is -3.67. The number of sulfonamides is 1. The summed E-state index contributed by atoms with van der Waals surface area (Å²) >= 11 is 0. The molecule has 2 aromatic carbocycles. The van der Waals surface area contributed by atoms with Crippen LogP contribution in [0.2, 0.25) is 0 Å². The van der Waals surface area contributed by atoms with Crippen molar-refractivity contribution in [1.29, 1.82) is 0 Å². The highest BCUT2D eigenvalue weighted by atomic mass is 32.2. The van der Waals surface area contributed by atoms with Crippen molar-refractivity contribution >= 4 is 39.0 Å². The number of nitrogens with zero attached hydrogens (tertiary/aromatic N) is 2. The molecule has 10 nitrogen and oxygen atoms in total. The molecule has 1 aliphatic rings. The van der Waals surface area contributed by atoms with Gasteiger partial charge in [0.15, 0.2) is 0 Å². The van der Waals surface area contributed by atoms with Crippen LogP contribution in [0.3, 0.4) is 0 Å². The van der Waals surface area contributed by atoms with Crippen LogP contribution in [0, 0.1) is 0 Å². The molecule has 0 fully saturated rings. The van der Waals surface area contributed by atoms with E-state index in [-0.39, 0.29) is 24.7 Å². The normalized spacial score (nSPS) is 15.3. The summed E-state index contributed by atoms with van der Waals surface area (Å²) in [5, 5.41) is 24.9. The summed E-state index contributed by atoms with van der Waals surface area (Å²) in [7, 11) is -1.96. The number of aryl methyl sites for hydroxylation is 2. The van der Waals surface area contributed by atoms with Crippen molar-refractivity contribution in [2.45, 2.75) is 45.4 Å².